The Bertz CT molecular complexity index is 665. The molecule has 1 aromatic carbocycles. The maximum absolute atomic E-state index is 12.0. The van der Waals surface area contributed by atoms with Crippen LogP contribution in [0.25, 0.3) is 5.69 Å². The van der Waals surface area contributed by atoms with Crippen molar-refractivity contribution in [2.45, 2.75) is 40.2 Å². The molecule has 23 heavy (non-hydrogen) atoms. The molecule has 0 bridgehead atoms. The van der Waals surface area contributed by atoms with Gasteiger partial charge < -0.3 is 9.84 Å². The highest BCUT2D eigenvalue weighted by atomic mass is 16.5. The average Bonchev–Trinajstić information content (AvgIpc) is 2.94. The van der Waals surface area contributed by atoms with Gasteiger partial charge in [-0.05, 0) is 37.0 Å². The molecule has 6 nitrogen and oxygen atoms in total. The van der Waals surface area contributed by atoms with E-state index in [1.807, 2.05) is 13.0 Å². The molecule has 1 aromatic heterocycles. The molecule has 0 atom stereocenters. The van der Waals surface area contributed by atoms with Crippen LogP contribution in [0, 0.1) is 5.92 Å². The van der Waals surface area contributed by atoms with Gasteiger partial charge in [-0.1, -0.05) is 32.1 Å². The Morgan fingerprint density at radius 2 is 2.17 bits per heavy atom. The Labute approximate surface area is 136 Å². The minimum absolute atomic E-state index is 0.152. The summed E-state index contributed by atoms with van der Waals surface area (Å²) in [6.07, 6.45) is 1.53. The fourth-order valence-corrected chi connectivity index (χ4v) is 2.30. The lowest BCUT2D eigenvalue weighted by molar-refractivity contribution is 0.0505. The number of carbonyl (C=O) groups is 1. The number of ether oxygens (including phenoxy) is 1. The molecular weight excluding hydrogens is 294 g/mol. The number of aromatic nitrogens is 3. The molecule has 2 aromatic rings. The number of hydrogen-bond acceptors (Lipinski definition) is 5. The average molecular weight is 317 g/mol. The smallest absolute Gasteiger partial charge is 0.338 e. The number of rotatable bonds is 7. The van der Waals surface area contributed by atoms with E-state index in [2.05, 4.69) is 24.2 Å². The van der Waals surface area contributed by atoms with E-state index < -0.39 is 0 Å². The summed E-state index contributed by atoms with van der Waals surface area (Å²) in [4.78, 5) is 12.0. The molecule has 0 radical (unpaired) electrons. The van der Waals surface area contributed by atoms with E-state index in [-0.39, 0.29) is 12.6 Å². The fourth-order valence-electron chi connectivity index (χ4n) is 2.30. The minimum Gasteiger partial charge on any atom is -0.462 e. The van der Waals surface area contributed by atoms with Crippen LogP contribution in [0.4, 0.5) is 0 Å². The van der Waals surface area contributed by atoms with Gasteiger partial charge in [-0.15, -0.1) is 5.10 Å². The highest BCUT2D eigenvalue weighted by Gasteiger charge is 2.16. The van der Waals surface area contributed by atoms with E-state index in [9.17, 15) is 9.90 Å². The third-order valence-corrected chi connectivity index (χ3v) is 3.36. The molecule has 0 spiro atoms. The summed E-state index contributed by atoms with van der Waals surface area (Å²) in [6, 6.07) is 7.10. The molecule has 1 heterocycles. The maximum Gasteiger partial charge on any atom is 0.338 e. The van der Waals surface area contributed by atoms with E-state index in [0.717, 1.165) is 24.2 Å². The van der Waals surface area contributed by atoms with Crippen LogP contribution >= 0.6 is 0 Å². The van der Waals surface area contributed by atoms with Crippen LogP contribution in [-0.4, -0.2) is 32.7 Å². The topological polar surface area (TPSA) is 77.2 Å². The fraction of sp³-hybridized carbons (Fsp3) is 0.471. The van der Waals surface area contributed by atoms with Gasteiger partial charge in [0.15, 0.2) is 0 Å². The summed E-state index contributed by atoms with van der Waals surface area (Å²) in [6.45, 7) is 6.39. The number of aliphatic hydroxyl groups is 1. The number of benzene rings is 1. The van der Waals surface area contributed by atoms with E-state index in [1.54, 1.807) is 22.9 Å². The van der Waals surface area contributed by atoms with Crippen LogP contribution in [0.15, 0.2) is 24.3 Å². The van der Waals surface area contributed by atoms with Gasteiger partial charge in [0.2, 0.25) is 0 Å². The second-order valence-electron chi connectivity index (χ2n) is 5.84. The lowest BCUT2D eigenvalue weighted by Gasteiger charge is -2.11. The van der Waals surface area contributed by atoms with Crippen molar-refractivity contribution in [2.75, 3.05) is 6.61 Å². The van der Waals surface area contributed by atoms with Crippen LogP contribution < -0.4 is 0 Å². The molecule has 0 unspecified atom stereocenters. The lowest BCUT2D eigenvalue weighted by atomic mass is 10.1. The molecule has 0 saturated heterocycles. The second-order valence-corrected chi connectivity index (χ2v) is 5.84. The third kappa shape index (κ3) is 4.16. The Hall–Kier alpha value is -2.21. The molecule has 0 saturated carbocycles. The summed E-state index contributed by atoms with van der Waals surface area (Å²) in [5, 5.41) is 17.6. The predicted octanol–water partition coefficient (Wildman–Crippen LogP) is 2.52. The number of hydrogen-bond donors (Lipinski definition) is 1. The summed E-state index contributed by atoms with van der Waals surface area (Å²) in [5.41, 5.74) is 2.64. The SMILES string of the molecule is CCCOC(=O)c1cccc(-n2nnc(CO)c2CC(C)C)c1. The lowest BCUT2D eigenvalue weighted by Crippen LogP contribution is -2.10. The zero-order chi connectivity index (χ0) is 16.8. The van der Waals surface area contributed by atoms with Gasteiger partial charge in [0.1, 0.15) is 5.69 Å². The molecule has 2 rings (SSSR count). The first kappa shape index (κ1) is 17.1. The molecule has 1 N–H and O–H groups in total. The standard InChI is InChI=1S/C17H23N3O3/c1-4-8-23-17(22)13-6-5-7-14(10-13)20-16(9-12(2)3)15(11-21)18-19-20/h5-7,10,12,21H,4,8-9,11H2,1-3H3. The minimum atomic E-state index is -0.346. The van der Waals surface area contributed by atoms with Crippen molar-refractivity contribution < 1.29 is 14.6 Å². The van der Waals surface area contributed by atoms with Crippen LogP contribution in [-0.2, 0) is 17.8 Å². The zero-order valence-corrected chi connectivity index (χ0v) is 13.8. The van der Waals surface area contributed by atoms with Gasteiger partial charge in [-0.2, -0.15) is 0 Å². The van der Waals surface area contributed by atoms with Crippen LogP contribution in [0.2, 0.25) is 0 Å². The largest absolute Gasteiger partial charge is 0.462 e. The summed E-state index contributed by atoms with van der Waals surface area (Å²) in [7, 11) is 0. The highest BCUT2D eigenvalue weighted by molar-refractivity contribution is 5.90. The van der Waals surface area contributed by atoms with Crippen molar-refractivity contribution in [1.82, 2.24) is 15.0 Å². The summed E-state index contributed by atoms with van der Waals surface area (Å²) < 4.78 is 6.85. The van der Waals surface area contributed by atoms with E-state index in [1.165, 1.54) is 0 Å². The van der Waals surface area contributed by atoms with Crippen LogP contribution in [0.5, 0.6) is 0 Å². The second kappa shape index (κ2) is 7.87. The van der Waals surface area contributed by atoms with E-state index >= 15 is 0 Å². The molecule has 0 aliphatic heterocycles. The highest BCUT2D eigenvalue weighted by Crippen LogP contribution is 2.18. The predicted molar refractivity (Wildman–Crippen MR) is 86.4 cm³/mol. The van der Waals surface area contributed by atoms with Crippen molar-refractivity contribution in [2.24, 2.45) is 5.92 Å². The molecule has 0 fully saturated rings. The molecular formula is C17H23N3O3. The van der Waals surface area contributed by atoms with Crippen molar-refractivity contribution in [3.05, 3.63) is 41.2 Å². The molecule has 0 amide bonds. The van der Waals surface area contributed by atoms with Crippen molar-refractivity contribution in [3.8, 4) is 5.69 Å². The monoisotopic (exact) mass is 317 g/mol. The van der Waals surface area contributed by atoms with Gasteiger partial charge in [0, 0.05) is 0 Å². The van der Waals surface area contributed by atoms with Crippen molar-refractivity contribution in [3.63, 3.8) is 0 Å². The zero-order valence-electron chi connectivity index (χ0n) is 13.8. The number of aliphatic hydroxyl groups excluding tert-OH is 1. The first-order chi connectivity index (χ1) is 11.1. The van der Waals surface area contributed by atoms with E-state index in [0.29, 0.717) is 23.8 Å². The normalized spacial score (nSPS) is 11.0. The third-order valence-electron chi connectivity index (χ3n) is 3.36. The van der Waals surface area contributed by atoms with Gasteiger partial charge in [-0.3, -0.25) is 0 Å². The molecule has 0 aliphatic carbocycles. The molecule has 6 heteroatoms. The van der Waals surface area contributed by atoms with Gasteiger partial charge in [0.05, 0.1) is 30.2 Å². The van der Waals surface area contributed by atoms with E-state index in [4.69, 9.17) is 4.74 Å². The Morgan fingerprint density at radius 3 is 2.83 bits per heavy atom. The molecule has 124 valence electrons. The Morgan fingerprint density at radius 1 is 1.39 bits per heavy atom. The van der Waals surface area contributed by atoms with Gasteiger partial charge >= 0.3 is 5.97 Å². The number of carbonyl (C=O) groups excluding carboxylic acids is 1. The first-order valence-electron chi connectivity index (χ1n) is 7.88. The molecule has 0 aliphatic rings. The quantitative estimate of drug-likeness (QED) is 0.794. The number of nitrogens with zero attached hydrogens (tertiary/aromatic N) is 3. The van der Waals surface area contributed by atoms with Crippen molar-refractivity contribution in [1.29, 1.82) is 0 Å². The van der Waals surface area contributed by atoms with Crippen LogP contribution in [0.3, 0.4) is 0 Å². The summed E-state index contributed by atoms with van der Waals surface area (Å²) >= 11 is 0. The maximum atomic E-state index is 12.0. The van der Waals surface area contributed by atoms with Gasteiger partial charge in [-0.25, -0.2) is 9.48 Å². The summed E-state index contributed by atoms with van der Waals surface area (Å²) in [5.74, 6) is 0.0526. The van der Waals surface area contributed by atoms with Crippen LogP contribution in [0.1, 0.15) is 48.9 Å². The Kier molecular flexibility index (Phi) is 5.87. The first-order valence-corrected chi connectivity index (χ1v) is 7.88. The van der Waals surface area contributed by atoms with Crippen molar-refractivity contribution >= 4 is 5.97 Å². The number of esters is 1. The van der Waals surface area contributed by atoms with Gasteiger partial charge in [0.25, 0.3) is 0 Å². The Balaban J connectivity index is 2.35.